The van der Waals surface area contributed by atoms with Gasteiger partial charge in [-0.2, -0.15) is 0 Å². The highest BCUT2D eigenvalue weighted by Crippen LogP contribution is 2.15. The quantitative estimate of drug-likeness (QED) is 0.589. The molecule has 0 aliphatic heterocycles. The number of hydrogen-bond acceptors (Lipinski definition) is 4. The molecule has 0 fully saturated rings. The number of hydrogen-bond donors (Lipinski definition) is 1. The molecule has 0 atom stereocenters. The van der Waals surface area contributed by atoms with E-state index in [1.807, 2.05) is 0 Å². The van der Waals surface area contributed by atoms with Gasteiger partial charge < -0.3 is 10.5 Å². The van der Waals surface area contributed by atoms with Crippen molar-refractivity contribution in [1.29, 1.82) is 0 Å². The topological polar surface area (TPSA) is 52.3 Å². The van der Waals surface area contributed by atoms with Gasteiger partial charge >= 0.3 is 5.97 Å². The number of nitrogens with two attached hydrogens (primary N) is 1. The van der Waals surface area contributed by atoms with Gasteiger partial charge in [0.25, 0.3) is 0 Å². The van der Waals surface area contributed by atoms with Gasteiger partial charge in [-0.3, -0.25) is 0 Å². The number of ether oxygens (including phenoxy) is 1. The third kappa shape index (κ3) is 2.87. The van der Waals surface area contributed by atoms with Crippen LogP contribution in [0.2, 0.25) is 0 Å². The minimum absolute atomic E-state index is 0.318. The molecule has 0 radical (unpaired) electrons. The van der Waals surface area contributed by atoms with Crippen LogP contribution in [0.25, 0.3) is 0 Å². The summed E-state index contributed by atoms with van der Waals surface area (Å²) in [6, 6.07) is 3.52. The normalized spacial score (nSPS) is 9.00. The highest BCUT2D eigenvalue weighted by molar-refractivity contribution is 7.14. The van der Waals surface area contributed by atoms with Gasteiger partial charge in [0, 0.05) is 13.0 Å². The average molecular weight is 209 g/mol. The second kappa shape index (κ2) is 5.43. The Kier molecular flexibility index (Phi) is 4.17. The van der Waals surface area contributed by atoms with Crippen LogP contribution in [0.3, 0.4) is 0 Å². The monoisotopic (exact) mass is 209 g/mol. The maximum absolute atomic E-state index is 11.1. The first kappa shape index (κ1) is 10.8. The number of rotatable bonds is 2. The average Bonchev–Trinajstić information content (AvgIpc) is 2.66. The molecule has 4 heteroatoms. The van der Waals surface area contributed by atoms with Crippen molar-refractivity contribution in [2.45, 2.75) is 6.42 Å². The van der Waals surface area contributed by atoms with Crippen LogP contribution >= 0.6 is 11.3 Å². The van der Waals surface area contributed by atoms with Gasteiger partial charge in [0.05, 0.1) is 12.0 Å². The fourth-order valence-corrected chi connectivity index (χ4v) is 1.64. The molecule has 74 valence electrons. The molecule has 1 aromatic heterocycles. The first-order chi connectivity index (χ1) is 6.77. The Morgan fingerprint density at radius 1 is 1.64 bits per heavy atom. The zero-order valence-electron chi connectivity index (χ0n) is 7.87. The van der Waals surface area contributed by atoms with Gasteiger partial charge in [-0.1, -0.05) is 11.8 Å². The van der Waals surface area contributed by atoms with Crippen LogP contribution in [0.5, 0.6) is 0 Å². The Labute approximate surface area is 86.9 Å². The lowest BCUT2D eigenvalue weighted by atomic mass is 10.4. The molecule has 0 aromatic carbocycles. The molecule has 0 aliphatic rings. The SMILES string of the molecule is COC(=O)c1ccc(C#CCCN)s1. The van der Waals surface area contributed by atoms with E-state index in [1.165, 1.54) is 18.4 Å². The minimum atomic E-state index is -0.318. The fraction of sp³-hybridized carbons (Fsp3) is 0.300. The molecular weight excluding hydrogens is 198 g/mol. The largest absolute Gasteiger partial charge is 0.465 e. The molecule has 0 saturated heterocycles. The maximum Gasteiger partial charge on any atom is 0.348 e. The molecule has 0 bridgehead atoms. The summed E-state index contributed by atoms with van der Waals surface area (Å²) in [6.45, 7) is 0.558. The molecule has 14 heavy (non-hydrogen) atoms. The molecule has 3 nitrogen and oxygen atoms in total. The molecule has 0 spiro atoms. The third-order valence-corrected chi connectivity index (χ3v) is 2.45. The van der Waals surface area contributed by atoms with E-state index < -0.39 is 0 Å². The third-order valence-electron chi connectivity index (χ3n) is 1.47. The maximum atomic E-state index is 11.1. The van der Waals surface area contributed by atoms with E-state index in [2.05, 4.69) is 16.6 Å². The van der Waals surface area contributed by atoms with Crippen LogP contribution < -0.4 is 5.73 Å². The summed E-state index contributed by atoms with van der Waals surface area (Å²) in [5, 5.41) is 0. The first-order valence-corrected chi connectivity index (χ1v) is 4.96. The van der Waals surface area contributed by atoms with Crippen molar-refractivity contribution in [3.8, 4) is 11.8 Å². The van der Waals surface area contributed by atoms with Crippen molar-refractivity contribution in [3.63, 3.8) is 0 Å². The van der Waals surface area contributed by atoms with E-state index in [9.17, 15) is 4.79 Å². The van der Waals surface area contributed by atoms with Crippen molar-refractivity contribution in [2.24, 2.45) is 5.73 Å². The molecular formula is C10H11NO2S. The van der Waals surface area contributed by atoms with Crippen molar-refractivity contribution in [1.82, 2.24) is 0 Å². The van der Waals surface area contributed by atoms with Crippen molar-refractivity contribution in [3.05, 3.63) is 21.9 Å². The number of carbonyl (C=O) groups is 1. The Hall–Kier alpha value is -1.31. The smallest absolute Gasteiger partial charge is 0.348 e. The van der Waals surface area contributed by atoms with E-state index in [-0.39, 0.29) is 5.97 Å². The van der Waals surface area contributed by atoms with E-state index >= 15 is 0 Å². The lowest BCUT2D eigenvalue weighted by Gasteiger charge is -1.90. The first-order valence-electron chi connectivity index (χ1n) is 4.15. The molecule has 1 rings (SSSR count). The van der Waals surface area contributed by atoms with Crippen LogP contribution in [0.15, 0.2) is 12.1 Å². The Morgan fingerprint density at radius 3 is 3.07 bits per heavy atom. The number of esters is 1. The van der Waals surface area contributed by atoms with Gasteiger partial charge in [-0.15, -0.1) is 11.3 Å². The molecule has 0 aliphatic carbocycles. The van der Waals surface area contributed by atoms with E-state index in [0.717, 1.165) is 4.88 Å². The predicted octanol–water partition coefficient (Wildman–Crippen LogP) is 1.24. The Bertz CT molecular complexity index is 373. The molecule has 0 unspecified atom stereocenters. The standard InChI is InChI=1S/C10H11NO2S/c1-13-10(12)9-6-5-8(14-9)4-2-3-7-11/h5-6H,3,7,11H2,1H3. The van der Waals surface area contributed by atoms with Crippen LogP contribution in [-0.2, 0) is 4.74 Å². The molecule has 0 amide bonds. The molecule has 2 N–H and O–H groups in total. The van der Waals surface area contributed by atoms with Crippen LogP contribution in [-0.4, -0.2) is 19.6 Å². The molecule has 0 saturated carbocycles. The summed E-state index contributed by atoms with van der Waals surface area (Å²) >= 11 is 1.33. The second-order valence-electron chi connectivity index (χ2n) is 2.50. The van der Waals surface area contributed by atoms with Crippen molar-refractivity contribution >= 4 is 17.3 Å². The fourth-order valence-electron chi connectivity index (χ4n) is 0.837. The highest BCUT2D eigenvalue weighted by Gasteiger charge is 2.07. The zero-order chi connectivity index (χ0) is 10.4. The summed E-state index contributed by atoms with van der Waals surface area (Å²) in [6.07, 6.45) is 0.672. The van der Waals surface area contributed by atoms with E-state index in [0.29, 0.717) is 17.8 Å². The van der Waals surface area contributed by atoms with Gasteiger partial charge in [-0.25, -0.2) is 4.79 Å². The van der Waals surface area contributed by atoms with Crippen LogP contribution in [0.4, 0.5) is 0 Å². The zero-order valence-corrected chi connectivity index (χ0v) is 8.69. The molecule has 1 heterocycles. The van der Waals surface area contributed by atoms with Crippen molar-refractivity contribution < 1.29 is 9.53 Å². The van der Waals surface area contributed by atoms with E-state index in [1.54, 1.807) is 12.1 Å². The van der Waals surface area contributed by atoms with Gasteiger partial charge in [0.15, 0.2) is 0 Å². The second-order valence-corrected chi connectivity index (χ2v) is 3.58. The van der Waals surface area contributed by atoms with Gasteiger partial charge in [0.1, 0.15) is 4.88 Å². The predicted molar refractivity (Wildman–Crippen MR) is 56.2 cm³/mol. The summed E-state index contributed by atoms with van der Waals surface area (Å²) < 4.78 is 4.58. The summed E-state index contributed by atoms with van der Waals surface area (Å²) in [4.78, 5) is 12.5. The van der Waals surface area contributed by atoms with Crippen LogP contribution in [0, 0.1) is 11.8 Å². The number of carbonyl (C=O) groups excluding carboxylic acids is 1. The lowest BCUT2D eigenvalue weighted by Crippen LogP contribution is -1.96. The summed E-state index contributed by atoms with van der Waals surface area (Å²) in [7, 11) is 1.36. The highest BCUT2D eigenvalue weighted by atomic mass is 32.1. The minimum Gasteiger partial charge on any atom is -0.465 e. The molecule has 1 aromatic rings. The van der Waals surface area contributed by atoms with Gasteiger partial charge in [-0.05, 0) is 12.1 Å². The number of thiophene rings is 1. The Morgan fingerprint density at radius 2 is 2.43 bits per heavy atom. The Balaban J connectivity index is 2.70. The van der Waals surface area contributed by atoms with E-state index in [4.69, 9.17) is 5.73 Å². The summed E-state index contributed by atoms with van der Waals surface area (Å²) in [5.74, 6) is 5.51. The van der Waals surface area contributed by atoms with Crippen molar-refractivity contribution in [2.75, 3.05) is 13.7 Å². The lowest BCUT2D eigenvalue weighted by molar-refractivity contribution is 0.0606. The summed E-state index contributed by atoms with van der Waals surface area (Å²) in [5.41, 5.74) is 5.29. The van der Waals surface area contributed by atoms with Crippen LogP contribution in [0.1, 0.15) is 21.0 Å². The van der Waals surface area contributed by atoms with Gasteiger partial charge in [0.2, 0.25) is 0 Å². The number of methoxy groups -OCH3 is 1.